The maximum atomic E-state index is 11.4. The zero-order valence-corrected chi connectivity index (χ0v) is 14.6. The van der Waals surface area contributed by atoms with Crippen LogP contribution < -0.4 is 15.2 Å². The smallest absolute Gasteiger partial charge is 0.322 e. The highest BCUT2D eigenvalue weighted by Crippen LogP contribution is 2.39. The van der Waals surface area contributed by atoms with Gasteiger partial charge in [-0.2, -0.15) is 0 Å². The minimum Gasteiger partial charge on any atom is -0.496 e. The van der Waals surface area contributed by atoms with Gasteiger partial charge in [0.05, 0.1) is 33.5 Å². The second-order valence-electron chi connectivity index (χ2n) is 5.56. The lowest BCUT2D eigenvalue weighted by molar-refractivity contribution is -0.142. The summed E-state index contributed by atoms with van der Waals surface area (Å²) < 4.78 is 15.5. The molecule has 2 aromatic rings. The Kier molecular flexibility index (Phi) is 6.38. The molecule has 1 atom stereocenters. The van der Waals surface area contributed by atoms with Crippen LogP contribution in [0.25, 0.3) is 11.1 Å². The third-order valence-corrected chi connectivity index (χ3v) is 3.95. The van der Waals surface area contributed by atoms with Gasteiger partial charge in [0.15, 0.2) is 0 Å². The van der Waals surface area contributed by atoms with Crippen LogP contribution in [0.3, 0.4) is 0 Å². The van der Waals surface area contributed by atoms with E-state index in [9.17, 15) is 9.90 Å². The zero-order chi connectivity index (χ0) is 18.4. The molecule has 0 heterocycles. The summed E-state index contributed by atoms with van der Waals surface area (Å²) in [7, 11) is 4.46. The third kappa shape index (κ3) is 4.29. The Morgan fingerprint density at radius 2 is 1.60 bits per heavy atom. The van der Waals surface area contributed by atoms with Gasteiger partial charge in [-0.05, 0) is 35.2 Å². The van der Waals surface area contributed by atoms with Gasteiger partial charge >= 0.3 is 5.97 Å². The van der Waals surface area contributed by atoms with Gasteiger partial charge in [0.25, 0.3) is 0 Å². The van der Waals surface area contributed by atoms with Crippen molar-refractivity contribution in [1.82, 2.24) is 0 Å². The fourth-order valence-electron chi connectivity index (χ4n) is 2.64. The van der Waals surface area contributed by atoms with Crippen molar-refractivity contribution < 1.29 is 24.1 Å². The molecule has 0 amide bonds. The number of methoxy groups -OCH3 is 3. The molecule has 3 N–H and O–H groups in total. The molecule has 134 valence electrons. The standard InChI is InChI=1S/C19H23NO5/c1-23-16-9-13(11-21)10-17(24-2)18(16)14-6-4-12(5-7-14)8-15(20)19(22)25-3/h4-7,9-10,15,21H,8,11,20H2,1-3H3. The van der Waals surface area contributed by atoms with Crippen LogP contribution in [0.4, 0.5) is 0 Å². The van der Waals surface area contributed by atoms with E-state index in [0.29, 0.717) is 23.5 Å². The summed E-state index contributed by atoms with van der Waals surface area (Å²) in [5.74, 6) is 0.789. The summed E-state index contributed by atoms with van der Waals surface area (Å²) in [5.41, 5.74) is 9.12. The summed E-state index contributed by atoms with van der Waals surface area (Å²) >= 11 is 0. The van der Waals surface area contributed by atoms with Gasteiger partial charge in [-0.15, -0.1) is 0 Å². The summed E-state index contributed by atoms with van der Waals surface area (Å²) in [6, 6.07) is 10.5. The van der Waals surface area contributed by atoms with Crippen LogP contribution >= 0.6 is 0 Å². The molecular weight excluding hydrogens is 322 g/mol. The molecule has 0 aromatic heterocycles. The van der Waals surface area contributed by atoms with E-state index in [0.717, 1.165) is 16.7 Å². The van der Waals surface area contributed by atoms with Gasteiger partial charge in [0.2, 0.25) is 0 Å². The Bertz CT molecular complexity index is 702. The van der Waals surface area contributed by atoms with Crippen molar-refractivity contribution >= 4 is 5.97 Å². The molecule has 0 bridgehead atoms. The first-order valence-electron chi connectivity index (χ1n) is 7.82. The molecule has 1 unspecified atom stereocenters. The molecule has 0 saturated carbocycles. The quantitative estimate of drug-likeness (QED) is 0.745. The van der Waals surface area contributed by atoms with Crippen LogP contribution in [0.1, 0.15) is 11.1 Å². The number of nitrogens with two attached hydrogens (primary N) is 1. The Morgan fingerprint density at radius 3 is 2.04 bits per heavy atom. The second kappa shape index (κ2) is 8.50. The molecule has 0 aliphatic rings. The summed E-state index contributed by atoms with van der Waals surface area (Å²) in [6.45, 7) is -0.0998. The molecule has 6 nitrogen and oxygen atoms in total. The summed E-state index contributed by atoms with van der Waals surface area (Å²) in [6.07, 6.45) is 0.394. The van der Waals surface area contributed by atoms with Gasteiger partial charge < -0.3 is 25.1 Å². The van der Waals surface area contributed by atoms with Gasteiger partial charge in [0, 0.05) is 0 Å². The van der Waals surface area contributed by atoms with E-state index in [4.69, 9.17) is 15.2 Å². The van der Waals surface area contributed by atoms with Gasteiger partial charge in [0.1, 0.15) is 17.5 Å². The molecule has 0 aliphatic heterocycles. The van der Waals surface area contributed by atoms with Crippen LogP contribution in [-0.4, -0.2) is 38.4 Å². The Labute approximate surface area is 147 Å². The molecule has 0 fully saturated rings. The average molecular weight is 345 g/mol. The number of esters is 1. The first kappa shape index (κ1) is 18.8. The van der Waals surface area contributed by atoms with E-state index in [2.05, 4.69) is 4.74 Å². The lowest BCUT2D eigenvalue weighted by Gasteiger charge is -2.16. The van der Waals surface area contributed by atoms with Crippen molar-refractivity contribution in [2.45, 2.75) is 19.1 Å². The first-order valence-corrected chi connectivity index (χ1v) is 7.82. The molecule has 0 saturated heterocycles. The first-order chi connectivity index (χ1) is 12.0. The molecule has 0 aliphatic carbocycles. The average Bonchev–Trinajstić information content (AvgIpc) is 2.66. The van der Waals surface area contributed by atoms with E-state index in [1.807, 2.05) is 24.3 Å². The molecule has 25 heavy (non-hydrogen) atoms. The monoisotopic (exact) mass is 345 g/mol. The number of aliphatic hydroxyl groups excluding tert-OH is 1. The number of aliphatic hydroxyl groups is 1. The fourth-order valence-corrected chi connectivity index (χ4v) is 2.64. The van der Waals surface area contributed by atoms with Gasteiger partial charge in [-0.25, -0.2) is 0 Å². The number of benzene rings is 2. The number of rotatable bonds is 7. The lowest BCUT2D eigenvalue weighted by Crippen LogP contribution is -2.33. The minimum absolute atomic E-state index is 0.0998. The SMILES string of the molecule is COC(=O)C(N)Cc1ccc(-c2c(OC)cc(CO)cc2OC)cc1. The van der Waals surface area contributed by atoms with E-state index < -0.39 is 12.0 Å². The molecule has 0 radical (unpaired) electrons. The summed E-state index contributed by atoms with van der Waals surface area (Å²) in [4.78, 5) is 11.4. The normalized spacial score (nSPS) is 11.7. The Hall–Kier alpha value is -2.57. The zero-order valence-electron chi connectivity index (χ0n) is 14.6. The summed E-state index contributed by atoms with van der Waals surface area (Å²) in [5, 5.41) is 9.36. The van der Waals surface area contributed by atoms with E-state index in [-0.39, 0.29) is 6.61 Å². The van der Waals surface area contributed by atoms with Gasteiger partial charge in [-0.3, -0.25) is 4.79 Å². The highest BCUT2D eigenvalue weighted by atomic mass is 16.5. The Balaban J connectivity index is 2.35. The predicted octanol–water partition coefficient (Wildman–Crippen LogP) is 1.91. The molecular formula is C19H23NO5. The van der Waals surface area contributed by atoms with Crippen LogP contribution in [0.15, 0.2) is 36.4 Å². The van der Waals surface area contributed by atoms with E-state index >= 15 is 0 Å². The largest absolute Gasteiger partial charge is 0.496 e. The molecule has 2 rings (SSSR count). The van der Waals surface area contributed by atoms with Crippen molar-refractivity contribution in [3.8, 4) is 22.6 Å². The van der Waals surface area contributed by atoms with Crippen molar-refractivity contribution in [2.24, 2.45) is 5.73 Å². The number of hydrogen-bond donors (Lipinski definition) is 2. The van der Waals surface area contributed by atoms with Crippen LogP contribution in [0.2, 0.25) is 0 Å². The molecule has 0 spiro atoms. The molecule has 6 heteroatoms. The second-order valence-corrected chi connectivity index (χ2v) is 5.56. The van der Waals surface area contributed by atoms with Crippen molar-refractivity contribution in [3.05, 3.63) is 47.5 Å². The third-order valence-electron chi connectivity index (χ3n) is 3.95. The van der Waals surface area contributed by atoms with Gasteiger partial charge in [-0.1, -0.05) is 24.3 Å². The van der Waals surface area contributed by atoms with E-state index in [1.54, 1.807) is 26.4 Å². The van der Waals surface area contributed by atoms with Crippen LogP contribution in [0, 0.1) is 0 Å². The van der Waals surface area contributed by atoms with Crippen molar-refractivity contribution in [3.63, 3.8) is 0 Å². The van der Waals surface area contributed by atoms with E-state index in [1.165, 1.54) is 7.11 Å². The lowest BCUT2D eigenvalue weighted by atomic mass is 9.98. The Morgan fingerprint density at radius 1 is 1.04 bits per heavy atom. The van der Waals surface area contributed by atoms with Crippen molar-refractivity contribution in [2.75, 3.05) is 21.3 Å². The van der Waals surface area contributed by atoms with Crippen LogP contribution in [-0.2, 0) is 22.6 Å². The topological polar surface area (TPSA) is 91.0 Å². The number of carbonyl (C=O) groups excluding carboxylic acids is 1. The maximum Gasteiger partial charge on any atom is 0.322 e. The maximum absolute atomic E-state index is 11.4. The number of carbonyl (C=O) groups is 1. The van der Waals surface area contributed by atoms with Crippen LogP contribution in [0.5, 0.6) is 11.5 Å². The fraction of sp³-hybridized carbons (Fsp3) is 0.316. The highest BCUT2D eigenvalue weighted by Gasteiger charge is 2.16. The minimum atomic E-state index is -0.691. The predicted molar refractivity (Wildman–Crippen MR) is 94.6 cm³/mol. The molecule has 2 aromatic carbocycles. The van der Waals surface area contributed by atoms with Crippen molar-refractivity contribution in [1.29, 1.82) is 0 Å². The number of ether oxygens (including phenoxy) is 3. The highest BCUT2D eigenvalue weighted by molar-refractivity contribution is 5.78. The number of hydrogen-bond acceptors (Lipinski definition) is 6.